The number of nitrogens with zero attached hydrogens (tertiary/aromatic N) is 2. The Hall–Kier alpha value is -5.48. The van der Waals surface area contributed by atoms with E-state index in [9.17, 15) is 0 Å². The molecular formula is C38H32N2O2. The number of hydrogen-bond donors (Lipinski definition) is 0. The van der Waals surface area contributed by atoms with Gasteiger partial charge in [-0.1, -0.05) is 91.0 Å². The molecule has 0 saturated carbocycles. The van der Waals surface area contributed by atoms with Crippen LogP contribution in [0.3, 0.4) is 0 Å². The van der Waals surface area contributed by atoms with Crippen molar-refractivity contribution in [2.24, 2.45) is 0 Å². The highest BCUT2D eigenvalue weighted by Crippen LogP contribution is 2.50. The Morgan fingerprint density at radius 2 is 0.857 bits per heavy atom. The molecule has 0 atom stereocenters. The summed E-state index contributed by atoms with van der Waals surface area (Å²) in [6, 6.07) is 54.4. The van der Waals surface area contributed by atoms with Crippen molar-refractivity contribution >= 4 is 34.1 Å². The molecule has 0 saturated heterocycles. The largest absolute Gasteiger partial charge is 0.497 e. The van der Waals surface area contributed by atoms with Crippen molar-refractivity contribution in [2.45, 2.75) is 0 Å². The standard InChI is InChI=1S/C38H32N2O2/c1-41-34-23-12-21-32(27-34)39(30-17-8-4-9-18-30)37-26-14-25-36(29-15-6-3-7-16-29)38(37)40(31-19-10-5-11-20-31)33-22-13-24-35(28-33)42-2/h3-28H,1-2H3. The van der Waals surface area contributed by atoms with Crippen LogP contribution in [-0.4, -0.2) is 14.2 Å². The van der Waals surface area contributed by atoms with Crippen LogP contribution >= 0.6 is 0 Å². The molecule has 0 aliphatic heterocycles. The van der Waals surface area contributed by atoms with Crippen LogP contribution in [0.5, 0.6) is 11.5 Å². The number of para-hydroxylation sites is 3. The zero-order chi connectivity index (χ0) is 28.7. The lowest BCUT2D eigenvalue weighted by Crippen LogP contribution is -2.18. The van der Waals surface area contributed by atoms with Crippen LogP contribution < -0.4 is 19.3 Å². The average Bonchev–Trinajstić information content (AvgIpc) is 3.07. The summed E-state index contributed by atoms with van der Waals surface area (Å²) in [6.45, 7) is 0. The molecule has 0 radical (unpaired) electrons. The van der Waals surface area contributed by atoms with Crippen LogP contribution in [0.4, 0.5) is 34.1 Å². The number of benzene rings is 6. The topological polar surface area (TPSA) is 24.9 Å². The van der Waals surface area contributed by atoms with E-state index in [1.165, 1.54) is 0 Å². The lowest BCUT2D eigenvalue weighted by atomic mass is 9.99. The van der Waals surface area contributed by atoms with Crippen LogP contribution in [-0.2, 0) is 0 Å². The van der Waals surface area contributed by atoms with Crippen LogP contribution in [0.15, 0.2) is 158 Å². The molecule has 0 heterocycles. The Bertz CT molecular complexity index is 1760. The minimum atomic E-state index is 0.792. The summed E-state index contributed by atoms with van der Waals surface area (Å²) in [5, 5.41) is 0. The van der Waals surface area contributed by atoms with Gasteiger partial charge in [-0.2, -0.15) is 0 Å². The van der Waals surface area contributed by atoms with E-state index >= 15 is 0 Å². The number of hydrogen-bond acceptors (Lipinski definition) is 4. The first-order valence-electron chi connectivity index (χ1n) is 13.9. The van der Waals surface area contributed by atoms with Gasteiger partial charge >= 0.3 is 0 Å². The predicted octanol–water partition coefficient (Wildman–Crippen LogP) is 10.3. The van der Waals surface area contributed by atoms with E-state index < -0.39 is 0 Å². The number of ether oxygens (including phenoxy) is 2. The molecule has 0 unspecified atom stereocenters. The van der Waals surface area contributed by atoms with Gasteiger partial charge in [0.05, 0.1) is 25.6 Å². The van der Waals surface area contributed by atoms with Gasteiger partial charge in [-0.25, -0.2) is 0 Å². The molecule has 0 fully saturated rings. The summed E-state index contributed by atoms with van der Waals surface area (Å²) in [5.74, 6) is 1.58. The van der Waals surface area contributed by atoms with Gasteiger partial charge in [0, 0.05) is 40.4 Å². The van der Waals surface area contributed by atoms with Crippen LogP contribution in [0, 0.1) is 0 Å². The molecule has 0 aliphatic rings. The van der Waals surface area contributed by atoms with Crippen molar-refractivity contribution in [3.05, 3.63) is 158 Å². The molecule has 0 aromatic heterocycles. The quantitative estimate of drug-likeness (QED) is 0.179. The van der Waals surface area contributed by atoms with Crippen molar-refractivity contribution in [1.29, 1.82) is 0 Å². The smallest absolute Gasteiger partial charge is 0.120 e. The highest BCUT2D eigenvalue weighted by atomic mass is 16.5. The van der Waals surface area contributed by atoms with Crippen LogP contribution in [0.2, 0.25) is 0 Å². The Kier molecular flexibility index (Phi) is 7.87. The first-order chi connectivity index (χ1) is 20.8. The van der Waals surface area contributed by atoms with E-state index in [0.29, 0.717) is 0 Å². The first kappa shape index (κ1) is 26.7. The average molecular weight is 549 g/mol. The molecule has 6 aromatic carbocycles. The van der Waals surface area contributed by atoms with Crippen LogP contribution in [0.25, 0.3) is 11.1 Å². The fourth-order valence-electron chi connectivity index (χ4n) is 5.29. The van der Waals surface area contributed by atoms with Crippen molar-refractivity contribution in [1.82, 2.24) is 0 Å². The summed E-state index contributed by atoms with van der Waals surface area (Å²) >= 11 is 0. The zero-order valence-corrected chi connectivity index (χ0v) is 23.7. The first-order valence-corrected chi connectivity index (χ1v) is 13.9. The normalized spacial score (nSPS) is 10.6. The minimum Gasteiger partial charge on any atom is -0.497 e. The van der Waals surface area contributed by atoms with Crippen LogP contribution in [0.1, 0.15) is 0 Å². The molecular weight excluding hydrogens is 516 g/mol. The Morgan fingerprint density at radius 1 is 0.405 bits per heavy atom. The Labute approximate surface area is 247 Å². The van der Waals surface area contributed by atoms with Gasteiger partial charge in [0.15, 0.2) is 0 Å². The molecule has 0 amide bonds. The minimum absolute atomic E-state index is 0.792. The third-order valence-corrected chi connectivity index (χ3v) is 7.22. The Morgan fingerprint density at radius 3 is 1.40 bits per heavy atom. The molecule has 6 aromatic rings. The van der Waals surface area contributed by atoms with E-state index in [0.717, 1.165) is 56.8 Å². The SMILES string of the molecule is COc1cccc(N(c2ccccc2)c2cccc(-c3ccccc3)c2N(c2ccccc2)c2cccc(OC)c2)c1. The second kappa shape index (κ2) is 12.4. The molecule has 206 valence electrons. The van der Waals surface area contributed by atoms with Crippen molar-refractivity contribution in [2.75, 3.05) is 24.0 Å². The van der Waals surface area contributed by atoms with Crippen molar-refractivity contribution in [3.63, 3.8) is 0 Å². The van der Waals surface area contributed by atoms with Gasteiger partial charge in [0.2, 0.25) is 0 Å². The van der Waals surface area contributed by atoms with Gasteiger partial charge in [-0.3, -0.25) is 0 Å². The third kappa shape index (κ3) is 5.43. The van der Waals surface area contributed by atoms with E-state index in [4.69, 9.17) is 9.47 Å². The van der Waals surface area contributed by atoms with Gasteiger partial charge in [0.1, 0.15) is 11.5 Å². The summed E-state index contributed by atoms with van der Waals surface area (Å²) < 4.78 is 11.3. The molecule has 42 heavy (non-hydrogen) atoms. The second-order valence-corrected chi connectivity index (χ2v) is 9.78. The maximum Gasteiger partial charge on any atom is 0.120 e. The monoisotopic (exact) mass is 548 g/mol. The van der Waals surface area contributed by atoms with Crippen molar-refractivity contribution in [3.8, 4) is 22.6 Å². The highest BCUT2D eigenvalue weighted by Gasteiger charge is 2.25. The maximum absolute atomic E-state index is 5.68. The number of rotatable bonds is 9. The lowest BCUT2D eigenvalue weighted by Gasteiger charge is -2.35. The van der Waals surface area contributed by atoms with E-state index in [1.807, 2.05) is 36.4 Å². The third-order valence-electron chi connectivity index (χ3n) is 7.22. The molecule has 6 rings (SSSR count). The lowest BCUT2D eigenvalue weighted by molar-refractivity contribution is 0.415. The molecule has 0 aliphatic carbocycles. The maximum atomic E-state index is 5.68. The van der Waals surface area contributed by atoms with Gasteiger partial charge in [-0.15, -0.1) is 0 Å². The second-order valence-electron chi connectivity index (χ2n) is 9.78. The van der Waals surface area contributed by atoms with E-state index in [2.05, 4.69) is 131 Å². The molecule has 4 nitrogen and oxygen atoms in total. The summed E-state index contributed by atoms with van der Waals surface area (Å²) in [7, 11) is 3.41. The molecule has 0 N–H and O–H groups in total. The predicted molar refractivity (Wildman–Crippen MR) is 174 cm³/mol. The molecule has 0 bridgehead atoms. The van der Waals surface area contributed by atoms with E-state index in [-0.39, 0.29) is 0 Å². The summed E-state index contributed by atoms with van der Waals surface area (Å²) in [6.07, 6.45) is 0. The van der Waals surface area contributed by atoms with E-state index in [1.54, 1.807) is 14.2 Å². The van der Waals surface area contributed by atoms with Gasteiger partial charge in [-0.05, 0) is 60.2 Å². The van der Waals surface area contributed by atoms with Crippen molar-refractivity contribution < 1.29 is 9.47 Å². The highest BCUT2D eigenvalue weighted by molar-refractivity contribution is 5.99. The Balaban J connectivity index is 1.71. The molecule has 0 spiro atoms. The fourth-order valence-corrected chi connectivity index (χ4v) is 5.29. The van der Waals surface area contributed by atoms with Gasteiger partial charge in [0.25, 0.3) is 0 Å². The summed E-state index contributed by atoms with van der Waals surface area (Å²) in [4.78, 5) is 4.61. The fraction of sp³-hybridized carbons (Fsp3) is 0.0526. The zero-order valence-electron chi connectivity index (χ0n) is 23.7. The molecule has 4 heteroatoms. The number of anilines is 6. The summed E-state index contributed by atoms with van der Waals surface area (Å²) in [5.41, 5.74) is 8.33. The van der Waals surface area contributed by atoms with Gasteiger partial charge < -0.3 is 19.3 Å². The number of methoxy groups -OCH3 is 2.